The summed E-state index contributed by atoms with van der Waals surface area (Å²) < 4.78 is 18.2. The van der Waals surface area contributed by atoms with Crippen LogP contribution < -0.4 is 5.32 Å². The van der Waals surface area contributed by atoms with Gasteiger partial charge in [-0.2, -0.15) is 0 Å². The molecule has 18 heavy (non-hydrogen) atoms. The van der Waals surface area contributed by atoms with E-state index >= 15 is 0 Å². The number of rotatable bonds is 4. The molecule has 2 rings (SSSR count). The zero-order chi connectivity index (χ0) is 13.0. The number of ether oxygens (including phenoxy) is 1. The number of nitrogens with one attached hydrogen (secondary N) is 1. The zero-order valence-electron chi connectivity index (χ0n) is 9.94. The molecule has 0 aliphatic carbocycles. The molecule has 0 aliphatic heterocycles. The molecule has 0 saturated carbocycles. The van der Waals surface area contributed by atoms with Gasteiger partial charge in [0.1, 0.15) is 5.82 Å². The van der Waals surface area contributed by atoms with Gasteiger partial charge in [0.2, 0.25) is 5.91 Å². The molecular formula is C13H13FN2O2. The minimum absolute atomic E-state index is 0.208. The van der Waals surface area contributed by atoms with E-state index in [2.05, 4.69) is 10.3 Å². The molecule has 0 saturated heterocycles. The maximum Gasteiger partial charge on any atom is 0.226 e. The van der Waals surface area contributed by atoms with Gasteiger partial charge in [0, 0.05) is 30.3 Å². The molecule has 1 amide bonds. The minimum atomic E-state index is -0.405. The van der Waals surface area contributed by atoms with Crippen molar-refractivity contribution in [1.82, 2.24) is 4.98 Å². The van der Waals surface area contributed by atoms with Crippen molar-refractivity contribution in [2.45, 2.75) is 6.42 Å². The van der Waals surface area contributed by atoms with Crippen molar-refractivity contribution in [2.75, 3.05) is 19.0 Å². The fraction of sp³-hybridized carbons (Fsp3) is 0.231. The second kappa shape index (κ2) is 5.55. The molecule has 0 atom stereocenters. The first-order valence-corrected chi connectivity index (χ1v) is 5.53. The highest BCUT2D eigenvalue weighted by molar-refractivity contribution is 6.01. The molecule has 0 fully saturated rings. The van der Waals surface area contributed by atoms with Gasteiger partial charge in [-0.25, -0.2) is 4.39 Å². The van der Waals surface area contributed by atoms with E-state index < -0.39 is 5.82 Å². The summed E-state index contributed by atoms with van der Waals surface area (Å²) in [5.41, 5.74) is 0.452. The summed E-state index contributed by atoms with van der Waals surface area (Å²) in [4.78, 5) is 15.5. The van der Waals surface area contributed by atoms with Gasteiger partial charge < -0.3 is 10.1 Å². The van der Waals surface area contributed by atoms with Crippen LogP contribution in [-0.2, 0) is 9.53 Å². The molecule has 1 N–H and O–H groups in total. The summed E-state index contributed by atoms with van der Waals surface area (Å²) in [7, 11) is 1.52. The highest BCUT2D eigenvalue weighted by Gasteiger charge is 2.07. The van der Waals surface area contributed by atoms with Crippen LogP contribution in [0.15, 0.2) is 30.6 Å². The van der Waals surface area contributed by atoms with E-state index in [-0.39, 0.29) is 12.3 Å². The normalized spacial score (nSPS) is 10.6. The molecule has 0 radical (unpaired) electrons. The van der Waals surface area contributed by atoms with Crippen LogP contribution >= 0.6 is 0 Å². The van der Waals surface area contributed by atoms with Gasteiger partial charge in [0.05, 0.1) is 18.7 Å². The third-order valence-electron chi connectivity index (χ3n) is 2.53. The van der Waals surface area contributed by atoms with E-state index in [4.69, 9.17) is 4.74 Å². The number of halogens is 1. The highest BCUT2D eigenvalue weighted by Crippen LogP contribution is 2.24. The van der Waals surface area contributed by atoms with Crippen LogP contribution in [0.1, 0.15) is 6.42 Å². The van der Waals surface area contributed by atoms with E-state index in [1.165, 1.54) is 19.2 Å². The lowest BCUT2D eigenvalue weighted by atomic mass is 10.1. The lowest BCUT2D eigenvalue weighted by Gasteiger charge is -2.08. The number of methoxy groups -OCH3 is 1. The Labute approximate surface area is 104 Å². The summed E-state index contributed by atoms with van der Waals surface area (Å²) in [6, 6.07) is 4.42. The Morgan fingerprint density at radius 3 is 3.11 bits per heavy atom. The Kier molecular flexibility index (Phi) is 3.84. The summed E-state index contributed by atoms with van der Waals surface area (Å²) in [5, 5.41) is 4.09. The lowest BCUT2D eigenvalue weighted by Crippen LogP contribution is -2.14. The van der Waals surface area contributed by atoms with Crippen molar-refractivity contribution in [2.24, 2.45) is 0 Å². The first kappa shape index (κ1) is 12.4. The van der Waals surface area contributed by atoms with E-state index in [1.54, 1.807) is 18.5 Å². The smallest absolute Gasteiger partial charge is 0.226 e. The number of fused-ring (bicyclic) bond motifs is 1. The number of amides is 1. The van der Waals surface area contributed by atoms with Gasteiger partial charge in [-0.3, -0.25) is 9.78 Å². The molecular weight excluding hydrogens is 235 g/mol. The van der Waals surface area contributed by atoms with E-state index in [0.29, 0.717) is 17.7 Å². The maximum atomic E-state index is 13.4. The summed E-state index contributed by atoms with van der Waals surface area (Å²) in [6.45, 7) is 0.334. The van der Waals surface area contributed by atoms with Gasteiger partial charge in [-0.05, 0) is 18.2 Å². The number of hydrogen-bond donors (Lipinski definition) is 1. The predicted octanol–water partition coefficient (Wildman–Crippen LogP) is 2.35. The third-order valence-corrected chi connectivity index (χ3v) is 2.53. The van der Waals surface area contributed by atoms with Crippen LogP contribution in [0.2, 0.25) is 0 Å². The van der Waals surface area contributed by atoms with E-state index in [1.807, 2.05) is 0 Å². The van der Waals surface area contributed by atoms with Crippen LogP contribution in [0.25, 0.3) is 10.8 Å². The van der Waals surface area contributed by atoms with Gasteiger partial charge in [-0.1, -0.05) is 0 Å². The Bertz CT molecular complexity index is 572. The standard InChI is InChI=1S/C13H13FN2O2/c1-18-5-3-13(17)16-12-7-10(14)6-9-8-15-4-2-11(9)12/h2,4,6-8H,3,5H2,1H3,(H,16,17). The van der Waals surface area contributed by atoms with Crippen LogP contribution in [0, 0.1) is 5.82 Å². The quantitative estimate of drug-likeness (QED) is 0.903. The van der Waals surface area contributed by atoms with Crippen molar-refractivity contribution >= 4 is 22.4 Å². The molecule has 4 nitrogen and oxygen atoms in total. The van der Waals surface area contributed by atoms with Crippen LogP contribution in [0.5, 0.6) is 0 Å². The van der Waals surface area contributed by atoms with Crippen molar-refractivity contribution in [3.05, 3.63) is 36.4 Å². The number of benzene rings is 1. The number of carbonyl (C=O) groups excluding carboxylic acids is 1. The predicted molar refractivity (Wildman–Crippen MR) is 66.8 cm³/mol. The molecule has 0 unspecified atom stereocenters. The first-order chi connectivity index (χ1) is 8.70. The van der Waals surface area contributed by atoms with Gasteiger partial charge >= 0.3 is 0 Å². The number of hydrogen-bond acceptors (Lipinski definition) is 3. The molecule has 0 aliphatic rings. The molecule has 0 bridgehead atoms. The number of carbonyl (C=O) groups is 1. The fourth-order valence-electron chi connectivity index (χ4n) is 1.68. The van der Waals surface area contributed by atoms with Crippen LogP contribution in [-0.4, -0.2) is 24.6 Å². The first-order valence-electron chi connectivity index (χ1n) is 5.53. The molecule has 2 aromatic rings. The van der Waals surface area contributed by atoms with Crippen molar-refractivity contribution < 1.29 is 13.9 Å². The second-order valence-corrected chi connectivity index (χ2v) is 3.84. The SMILES string of the molecule is COCCC(=O)Nc1cc(F)cc2cnccc12. The Hall–Kier alpha value is -2.01. The summed E-state index contributed by atoms with van der Waals surface area (Å²) in [5.74, 6) is -0.613. The molecule has 0 spiro atoms. The molecule has 1 heterocycles. The van der Waals surface area contributed by atoms with E-state index in [9.17, 15) is 9.18 Å². The molecule has 94 valence electrons. The van der Waals surface area contributed by atoms with Crippen LogP contribution in [0.4, 0.5) is 10.1 Å². The van der Waals surface area contributed by atoms with Gasteiger partial charge in [0.15, 0.2) is 0 Å². The number of pyridine rings is 1. The summed E-state index contributed by atoms with van der Waals surface area (Å²) in [6.07, 6.45) is 3.40. The van der Waals surface area contributed by atoms with Crippen molar-refractivity contribution in [1.29, 1.82) is 0 Å². The fourth-order valence-corrected chi connectivity index (χ4v) is 1.68. The number of anilines is 1. The topological polar surface area (TPSA) is 51.2 Å². The molecule has 1 aromatic carbocycles. The lowest BCUT2D eigenvalue weighted by molar-refractivity contribution is -0.117. The van der Waals surface area contributed by atoms with Crippen molar-refractivity contribution in [3.63, 3.8) is 0 Å². The average Bonchev–Trinajstić information content (AvgIpc) is 2.36. The number of aromatic nitrogens is 1. The van der Waals surface area contributed by atoms with E-state index in [0.717, 1.165) is 5.39 Å². The third kappa shape index (κ3) is 2.81. The average molecular weight is 248 g/mol. The largest absolute Gasteiger partial charge is 0.384 e. The Balaban J connectivity index is 2.29. The zero-order valence-corrected chi connectivity index (χ0v) is 9.94. The van der Waals surface area contributed by atoms with Gasteiger partial charge in [-0.15, -0.1) is 0 Å². The highest BCUT2D eigenvalue weighted by atomic mass is 19.1. The van der Waals surface area contributed by atoms with Crippen molar-refractivity contribution in [3.8, 4) is 0 Å². The van der Waals surface area contributed by atoms with Crippen LogP contribution in [0.3, 0.4) is 0 Å². The Morgan fingerprint density at radius 1 is 1.50 bits per heavy atom. The second-order valence-electron chi connectivity index (χ2n) is 3.84. The molecule has 1 aromatic heterocycles. The number of nitrogens with zero attached hydrogens (tertiary/aromatic N) is 1. The monoisotopic (exact) mass is 248 g/mol. The summed E-state index contributed by atoms with van der Waals surface area (Å²) >= 11 is 0. The molecule has 5 heteroatoms. The maximum absolute atomic E-state index is 13.4. The Morgan fingerprint density at radius 2 is 2.33 bits per heavy atom. The minimum Gasteiger partial charge on any atom is -0.384 e. The van der Waals surface area contributed by atoms with Gasteiger partial charge in [0.25, 0.3) is 0 Å².